The zero-order valence-electron chi connectivity index (χ0n) is 16.0. The monoisotopic (exact) mass is 379 g/mol. The minimum atomic E-state index is -0.283. The highest BCUT2D eigenvalue weighted by Crippen LogP contribution is 2.28. The number of nitrogens with one attached hydrogen (secondary N) is 2. The Bertz CT molecular complexity index is 896. The van der Waals surface area contributed by atoms with Gasteiger partial charge in [-0.3, -0.25) is 4.79 Å². The quantitative estimate of drug-likeness (QED) is 0.853. The summed E-state index contributed by atoms with van der Waals surface area (Å²) < 4.78 is 5.83. The van der Waals surface area contributed by atoms with Gasteiger partial charge in [0.05, 0.1) is 6.61 Å². The molecule has 1 fully saturated rings. The van der Waals surface area contributed by atoms with Crippen molar-refractivity contribution in [2.45, 2.75) is 32.3 Å². The molecule has 2 aromatic carbocycles. The van der Waals surface area contributed by atoms with Crippen molar-refractivity contribution in [3.8, 4) is 0 Å². The number of urea groups is 1. The summed E-state index contributed by atoms with van der Waals surface area (Å²) in [4.78, 5) is 26.2. The van der Waals surface area contributed by atoms with E-state index in [1.54, 1.807) is 4.90 Å². The summed E-state index contributed by atoms with van der Waals surface area (Å²) in [6.45, 7) is 3.78. The molecule has 0 spiro atoms. The lowest BCUT2D eigenvalue weighted by molar-refractivity contribution is -0.117. The summed E-state index contributed by atoms with van der Waals surface area (Å²) in [6.07, 6.45) is 2.23. The molecule has 4 rings (SSSR count). The van der Waals surface area contributed by atoms with Gasteiger partial charge in [0.1, 0.15) is 6.10 Å². The molecule has 146 valence electrons. The second-order valence-corrected chi connectivity index (χ2v) is 7.29. The lowest BCUT2D eigenvalue weighted by Gasteiger charge is -2.26. The lowest BCUT2D eigenvalue weighted by Crippen LogP contribution is -2.34. The first-order valence-corrected chi connectivity index (χ1v) is 9.77. The molecule has 6 nitrogen and oxygen atoms in total. The molecule has 2 aromatic rings. The molecule has 1 atom stereocenters. The number of nitrogens with zero attached hydrogens (tertiary/aromatic N) is 1. The van der Waals surface area contributed by atoms with Gasteiger partial charge in [0.25, 0.3) is 0 Å². The van der Waals surface area contributed by atoms with Gasteiger partial charge >= 0.3 is 6.03 Å². The smallest absolute Gasteiger partial charge is 0.319 e. The van der Waals surface area contributed by atoms with Gasteiger partial charge in [-0.15, -0.1) is 0 Å². The van der Waals surface area contributed by atoms with Gasteiger partial charge in [-0.2, -0.15) is 0 Å². The first-order valence-electron chi connectivity index (χ1n) is 9.77. The van der Waals surface area contributed by atoms with Crippen molar-refractivity contribution in [3.05, 3.63) is 59.2 Å². The summed E-state index contributed by atoms with van der Waals surface area (Å²) in [7, 11) is 0. The van der Waals surface area contributed by atoms with E-state index in [9.17, 15) is 9.59 Å². The molecule has 0 bridgehead atoms. The maximum atomic E-state index is 12.4. The van der Waals surface area contributed by atoms with Gasteiger partial charge in [0.15, 0.2) is 0 Å². The molecule has 3 amide bonds. The molecule has 2 aliphatic heterocycles. The largest absolute Gasteiger partial charge is 0.371 e. The minimum absolute atomic E-state index is 0.133. The van der Waals surface area contributed by atoms with Crippen LogP contribution in [0.1, 0.15) is 35.6 Å². The van der Waals surface area contributed by atoms with Gasteiger partial charge in [-0.05, 0) is 48.6 Å². The summed E-state index contributed by atoms with van der Waals surface area (Å²) in [5.74, 6) is 0.137. The predicted molar refractivity (Wildman–Crippen MR) is 109 cm³/mol. The van der Waals surface area contributed by atoms with Crippen LogP contribution in [0.2, 0.25) is 0 Å². The molecule has 2 aliphatic rings. The Balaban J connectivity index is 1.39. The lowest BCUT2D eigenvalue weighted by atomic mass is 9.98. The van der Waals surface area contributed by atoms with Crippen LogP contribution in [0.15, 0.2) is 42.5 Å². The Labute approximate surface area is 164 Å². The number of rotatable bonds is 4. The summed E-state index contributed by atoms with van der Waals surface area (Å²) >= 11 is 0. The highest BCUT2D eigenvalue weighted by molar-refractivity contribution is 5.97. The average Bonchev–Trinajstić information content (AvgIpc) is 3.13. The molecule has 2 N–H and O–H groups in total. The van der Waals surface area contributed by atoms with Gasteiger partial charge in [0.2, 0.25) is 5.91 Å². The molecule has 0 radical (unpaired) electrons. The standard InChI is InChI=1S/C22H25N3O3/c1-15-8-9-17(13-19(15)25-11-4-7-21(25)26)24-22(27)23-14-20-18-6-3-2-5-16(18)10-12-28-20/h2-3,5-6,8-9,13,20H,4,7,10-12,14H2,1H3,(H2,23,24,27)/t20-/m1/s1. The van der Waals surface area contributed by atoms with Crippen molar-refractivity contribution < 1.29 is 14.3 Å². The van der Waals surface area contributed by atoms with E-state index in [4.69, 9.17) is 4.74 Å². The fourth-order valence-corrected chi connectivity index (χ4v) is 3.89. The highest BCUT2D eigenvalue weighted by Gasteiger charge is 2.24. The number of carbonyl (C=O) groups excluding carboxylic acids is 2. The van der Waals surface area contributed by atoms with Crippen LogP contribution in [0.25, 0.3) is 0 Å². The van der Waals surface area contributed by atoms with Crippen molar-refractivity contribution in [2.24, 2.45) is 0 Å². The van der Waals surface area contributed by atoms with E-state index in [0.717, 1.165) is 36.2 Å². The van der Waals surface area contributed by atoms with E-state index in [0.29, 0.717) is 25.3 Å². The van der Waals surface area contributed by atoms with Gasteiger partial charge in [-0.25, -0.2) is 4.79 Å². The molecule has 0 saturated carbocycles. The zero-order valence-corrected chi connectivity index (χ0v) is 16.0. The van der Waals surface area contributed by atoms with E-state index < -0.39 is 0 Å². The normalized spacial score (nSPS) is 18.7. The molecule has 2 heterocycles. The van der Waals surface area contributed by atoms with E-state index in [1.165, 1.54) is 5.56 Å². The van der Waals surface area contributed by atoms with Gasteiger partial charge < -0.3 is 20.3 Å². The number of amides is 3. The molecule has 28 heavy (non-hydrogen) atoms. The van der Waals surface area contributed by atoms with Crippen LogP contribution in [0, 0.1) is 6.92 Å². The molecular weight excluding hydrogens is 354 g/mol. The number of anilines is 2. The number of hydrogen-bond acceptors (Lipinski definition) is 3. The van der Waals surface area contributed by atoms with Crippen molar-refractivity contribution in [2.75, 3.05) is 29.9 Å². The maximum Gasteiger partial charge on any atom is 0.319 e. The Morgan fingerprint density at radius 2 is 2.07 bits per heavy atom. The van der Waals surface area contributed by atoms with E-state index in [2.05, 4.69) is 22.8 Å². The van der Waals surface area contributed by atoms with E-state index in [-0.39, 0.29) is 18.0 Å². The second-order valence-electron chi connectivity index (χ2n) is 7.29. The summed E-state index contributed by atoms with van der Waals surface area (Å²) in [5.41, 5.74) is 4.97. The number of fused-ring (bicyclic) bond motifs is 1. The van der Waals surface area contributed by atoms with Crippen molar-refractivity contribution in [1.29, 1.82) is 0 Å². The first-order chi connectivity index (χ1) is 13.6. The maximum absolute atomic E-state index is 12.4. The van der Waals surface area contributed by atoms with Crippen LogP contribution in [-0.4, -0.2) is 31.6 Å². The number of carbonyl (C=O) groups is 2. The third kappa shape index (κ3) is 3.87. The van der Waals surface area contributed by atoms with E-state index >= 15 is 0 Å². The third-order valence-corrected chi connectivity index (χ3v) is 5.37. The van der Waals surface area contributed by atoms with E-state index in [1.807, 2.05) is 37.3 Å². The fourth-order valence-electron chi connectivity index (χ4n) is 3.89. The van der Waals surface area contributed by atoms with Gasteiger partial charge in [0, 0.05) is 30.9 Å². The number of hydrogen-bond donors (Lipinski definition) is 2. The Kier molecular flexibility index (Phi) is 5.30. The van der Waals surface area contributed by atoms with Gasteiger partial charge in [-0.1, -0.05) is 30.3 Å². The molecule has 0 aliphatic carbocycles. The SMILES string of the molecule is Cc1ccc(NC(=O)NC[C@H]2OCCc3ccccc32)cc1N1CCCC1=O. The Morgan fingerprint density at radius 3 is 2.89 bits per heavy atom. The minimum Gasteiger partial charge on any atom is -0.371 e. The van der Waals surface area contributed by atoms with Crippen LogP contribution in [0.3, 0.4) is 0 Å². The molecular formula is C22H25N3O3. The molecule has 0 aromatic heterocycles. The number of aryl methyl sites for hydroxylation is 1. The average molecular weight is 379 g/mol. The molecule has 6 heteroatoms. The number of benzene rings is 2. The van der Waals surface area contributed by atoms with Crippen LogP contribution in [0.4, 0.5) is 16.2 Å². The molecule has 0 unspecified atom stereocenters. The van der Waals surface area contributed by atoms with Crippen LogP contribution in [-0.2, 0) is 16.0 Å². The third-order valence-electron chi connectivity index (χ3n) is 5.37. The first kappa shape index (κ1) is 18.5. The Morgan fingerprint density at radius 1 is 1.21 bits per heavy atom. The second kappa shape index (κ2) is 8.02. The zero-order chi connectivity index (χ0) is 19.5. The van der Waals surface area contributed by atoms with Crippen molar-refractivity contribution in [1.82, 2.24) is 5.32 Å². The van der Waals surface area contributed by atoms with Crippen molar-refractivity contribution in [3.63, 3.8) is 0 Å². The predicted octanol–water partition coefficient (Wildman–Crippen LogP) is 3.56. The Hall–Kier alpha value is -2.86. The summed E-state index contributed by atoms with van der Waals surface area (Å²) in [5, 5.41) is 5.77. The highest BCUT2D eigenvalue weighted by atomic mass is 16.5. The van der Waals surface area contributed by atoms with Crippen molar-refractivity contribution >= 4 is 23.3 Å². The van der Waals surface area contributed by atoms with Crippen LogP contribution >= 0.6 is 0 Å². The fraction of sp³-hybridized carbons (Fsp3) is 0.364. The van der Waals surface area contributed by atoms with Crippen LogP contribution in [0.5, 0.6) is 0 Å². The topological polar surface area (TPSA) is 70.7 Å². The molecule has 1 saturated heterocycles. The van der Waals surface area contributed by atoms with Crippen LogP contribution < -0.4 is 15.5 Å². The number of ether oxygens (including phenoxy) is 1. The summed E-state index contributed by atoms with van der Waals surface area (Å²) in [6, 6.07) is 13.5.